The fourth-order valence-electron chi connectivity index (χ4n) is 1.48. The molecule has 0 radical (unpaired) electrons. The summed E-state index contributed by atoms with van der Waals surface area (Å²) < 4.78 is 0. The fraction of sp³-hybridized carbons (Fsp3) is 0.167. The molecule has 13 heavy (non-hydrogen) atoms. The van der Waals surface area contributed by atoms with Crippen LogP contribution < -0.4 is 5.30 Å². The first-order valence-electron chi connectivity index (χ1n) is 4.52. The highest BCUT2D eigenvalue weighted by Gasteiger charge is 2.09. The highest BCUT2D eigenvalue weighted by Crippen LogP contribution is 2.40. The van der Waals surface area contributed by atoms with Gasteiger partial charge in [-0.1, -0.05) is 53.9 Å². The Kier molecular flexibility index (Phi) is 2.61. The molecule has 1 aliphatic rings. The zero-order valence-corrected chi connectivity index (χ0v) is 8.67. The van der Waals surface area contributed by atoms with E-state index in [0.717, 1.165) is 0 Å². The van der Waals surface area contributed by atoms with Gasteiger partial charge in [-0.05, 0) is 26.3 Å². The van der Waals surface area contributed by atoms with Crippen LogP contribution in [0.25, 0.3) is 0 Å². The molecule has 1 heterocycles. The second-order valence-corrected chi connectivity index (χ2v) is 5.39. The Morgan fingerprint density at radius 2 is 1.92 bits per heavy atom. The molecule has 1 unspecified atom stereocenters. The molecule has 2 rings (SSSR count). The van der Waals surface area contributed by atoms with E-state index in [1.54, 1.807) is 0 Å². The maximum Gasteiger partial charge on any atom is -0.00390 e. The van der Waals surface area contributed by atoms with Crippen LogP contribution in [0.5, 0.6) is 0 Å². The van der Waals surface area contributed by atoms with Crippen LogP contribution in [0.2, 0.25) is 0 Å². The summed E-state index contributed by atoms with van der Waals surface area (Å²) in [6, 6.07) is 10.8. The van der Waals surface area contributed by atoms with Crippen molar-refractivity contribution in [2.75, 3.05) is 6.16 Å². The van der Waals surface area contributed by atoms with Gasteiger partial charge in [-0.25, -0.2) is 0 Å². The normalized spacial score (nSPS) is 21.3. The summed E-state index contributed by atoms with van der Waals surface area (Å²) in [6.45, 7) is 2.21. The second-order valence-electron chi connectivity index (χ2n) is 3.32. The van der Waals surface area contributed by atoms with Crippen molar-refractivity contribution in [2.24, 2.45) is 0 Å². The minimum atomic E-state index is -0.0550. The minimum absolute atomic E-state index is 0.0550. The van der Waals surface area contributed by atoms with Gasteiger partial charge in [0.25, 0.3) is 0 Å². The quantitative estimate of drug-likeness (QED) is 0.593. The van der Waals surface area contributed by atoms with Crippen molar-refractivity contribution < 1.29 is 0 Å². The maximum atomic E-state index is 2.34. The topological polar surface area (TPSA) is 0 Å². The van der Waals surface area contributed by atoms with Crippen LogP contribution in [0.4, 0.5) is 0 Å². The lowest BCUT2D eigenvalue weighted by molar-refractivity contribution is 1.39. The van der Waals surface area contributed by atoms with Crippen LogP contribution in [-0.4, -0.2) is 6.16 Å². The van der Waals surface area contributed by atoms with E-state index < -0.39 is 0 Å². The van der Waals surface area contributed by atoms with Gasteiger partial charge in [0.15, 0.2) is 0 Å². The molecule has 0 saturated carbocycles. The van der Waals surface area contributed by atoms with Crippen molar-refractivity contribution in [3.8, 4) is 0 Å². The van der Waals surface area contributed by atoms with E-state index in [0.29, 0.717) is 0 Å². The van der Waals surface area contributed by atoms with Crippen molar-refractivity contribution in [3.63, 3.8) is 0 Å². The Hall–Kier alpha value is -0.870. The zero-order chi connectivity index (χ0) is 9.10. The third kappa shape index (κ3) is 2.08. The predicted octanol–water partition coefficient (Wildman–Crippen LogP) is 3.27. The number of allylic oxidation sites excluding steroid dienone is 3. The SMILES string of the molecule is CC1=CC=CP(c2ccccc2)C1. The molecule has 1 aromatic carbocycles. The summed E-state index contributed by atoms with van der Waals surface area (Å²) in [6.07, 6.45) is 5.63. The van der Waals surface area contributed by atoms with E-state index in [1.165, 1.54) is 17.0 Å². The summed E-state index contributed by atoms with van der Waals surface area (Å²) >= 11 is 0. The Morgan fingerprint density at radius 3 is 2.62 bits per heavy atom. The van der Waals surface area contributed by atoms with Crippen molar-refractivity contribution in [2.45, 2.75) is 6.92 Å². The van der Waals surface area contributed by atoms with Gasteiger partial charge in [0.05, 0.1) is 0 Å². The summed E-state index contributed by atoms with van der Waals surface area (Å²) in [5.74, 6) is 2.34. The smallest absolute Gasteiger partial charge is 0.00390 e. The van der Waals surface area contributed by atoms with E-state index in [2.05, 4.69) is 55.2 Å². The first-order valence-corrected chi connectivity index (χ1v) is 6.11. The fourth-order valence-corrected chi connectivity index (χ4v) is 3.43. The van der Waals surface area contributed by atoms with Crippen molar-refractivity contribution in [1.82, 2.24) is 0 Å². The monoisotopic (exact) mass is 188 g/mol. The molecule has 0 N–H and O–H groups in total. The molecular weight excluding hydrogens is 175 g/mol. The van der Waals surface area contributed by atoms with Gasteiger partial charge in [0.2, 0.25) is 0 Å². The first kappa shape index (κ1) is 8.72. The standard InChI is InChI=1S/C12H13P/c1-11-6-5-9-13(10-11)12-7-3-2-4-8-12/h2-9H,10H2,1H3. The van der Waals surface area contributed by atoms with Crippen LogP contribution in [0.1, 0.15) is 6.92 Å². The van der Waals surface area contributed by atoms with E-state index >= 15 is 0 Å². The van der Waals surface area contributed by atoms with Gasteiger partial charge in [-0.3, -0.25) is 0 Å². The number of rotatable bonds is 1. The molecule has 0 fully saturated rings. The van der Waals surface area contributed by atoms with Crippen LogP contribution >= 0.6 is 7.92 Å². The third-order valence-corrected chi connectivity index (χ3v) is 4.49. The Morgan fingerprint density at radius 1 is 1.15 bits per heavy atom. The molecule has 0 nitrogen and oxygen atoms in total. The summed E-state index contributed by atoms with van der Waals surface area (Å²) in [5.41, 5.74) is 1.50. The maximum absolute atomic E-state index is 2.34. The van der Waals surface area contributed by atoms with E-state index in [-0.39, 0.29) is 7.92 Å². The molecule has 0 spiro atoms. The lowest BCUT2D eigenvalue weighted by Crippen LogP contribution is -2.03. The lowest BCUT2D eigenvalue weighted by atomic mass is 10.3. The Bertz CT molecular complexity index is 335. The van der Waals surface area contributed by atoms with E-state index in [4.69, 9.17) is 0 Å². The highest BCUT2D eigenvalue weighted by molar-refractivity contribution is 7.68. The molecule has 0 saturated heterocycles. The summed E-state index contributed by atoms with van der Waals surface area (Å²) in [4.78, 5) is 0. The predicted molar refractivity (Wildman–Crippen MR) is 60.8 cm³/mol. The molecule has 1 aliphatic heterocycles. The van der Waals surface area contributed by atoms with Gasteiger partial charge >= 0.3 is 0 Å². The lowest BCUT2D eigenvalue weighted by Gasteiger charge is -2.16. The summed E-state index contributed by atoms with van der Waals surface area (Å²) in [5, 5.41) is 1.49. The number of hydrogen-bond donors (Lipinski definition) is 0. The molecule has 1 atom stereocenters. The molecule has 1 heteroatoms. The van der Waals surface area contributed by atoms with Gasteiger partial charge in [-0.2, -0.15) is 0 Å². The van der Waals surface area contributed by atoms with Crippen molar-refractivity contribution in [3.05, 3.63) is 53.9 Å². The minimum Gasteiger partial charge on any atom is -0.0684 e. The van der Waals surface area contributed by atoms with Crippen LogP contribution in [0, 0.1) is 0 Å². The van der Waals surface area contributed by atoms with Gasteiger partial charge in [-0.15, -0.1) is 0 Å². The summed E-state index contributed by atoms with van der Waals surface area (Å²) in [7, 11) is -0.0550. The van der Waals surface area contributed by atoms with Crippen molar-refractivity contribution >= 4 is 13.2 Å². The molecule has 0 aliphatic carbocycles. The molecular formula is C12H13P. The molecule has 0 aromatic heterocycles. The Balaban J connectivity index is 2.21. The first-order chi connectivity index (χ1) is 6.36. The molecule has 1 aromatic rings. The van der Waals surface area contributed by atoms with Crippen LogP contribution in [0.3, 0.4) is 0 Å². The van der Waals surface area contributed by atoms with Crippen molar-refractivity contribution in [1.29, 1.82) is 0 Å². The third-order valence-electron chi connectivity index (χ3n) is 2.15. The average molecular weight is 188 g/mol. The van der Waals surface area contributed by atoms with E-state index in [1.807, 2.05) is 0 Å². The van der Waals surface area contributed by atoms with Crippen LogP contribution in [0.15, 0.2) is 53.9 Å². The van der Waals surface area contributed by atoms with Gasteiger partial charge < -0.3 is 0 Å². The molecule has 0 bridgehead atoms. The molecule has 0 amide bonds. The molecule has 66 valence electrons. The van der Waals surface area contributed by atoms with Crippen LogP contribution in [-0.2, 0) is 0 Å². The largest absolute Gasteiger partial charge is 0.0684 e. The average Bonchev–Trinajstić information content (AvgIpc) is 2.19. The highest BCUT2D eigenvalue weighted by atomic mass is 31.1. The van der Waals surface area contributed by atoms with Gasteiger partial charge in [0.1, 0.15) is 0 Å². The number of hydrogen-bond acceptors (Lipinski definition) is 0. The van der Waals surface area contributed by atoms with Gasteiger partial charge in [0, 0.05) is 0 Å². The van der Waals surface area contributed by atoms with E-state index in [9.17, 15) is 0 Å². The Labute approximate surface area is 80.7 Å². The number of benzene rings is 1. The second kappa shape index (κ2) is 3.89. The zero-order valence-electron chi connectivity index (χ0n) is 7.77.